The van der Waals surface area contributed by atoms with Crippen molar-refractivity contribution in [3.05, 3.63) is 23.3 Å². The van der Waals surface area contributed by atoms with Gasteiger partial charge in [0.1, 0.15) is 11.8 Å². The van der Waals surface area contributed by atoms with Crippen LogP contribution in [0, 0.1) is 11.3 Å². The van der Waals surface area contributed by atoms with E-state index in [2.05, 4.69) is 4.74 Å². The number of halogens is 3. The van der Waals surface area contributed by atoms with E-state index in [-0.39, 0.29) is 5.56 Å². The van der Waals surface area contributed by atoms with Crippen molar-refractivity contribution in [3.8, 4) is 11.8 Å². The van der Waals surface area contributed by atoms with Gasteiger partial charge < -0.3 is 9.84 Å². The Labute approximate surface area is 104 Å². The highest BCUT2D eigenvalue weighted by molar-refractivity contribution is 8.00. The highest BCUT2D eigenvalue weighted by atomic mass is 32.2. The Hall–Kier alpha value is -1.88. The summed E-state index contributed by atoms with van der Waals surface area (Å²) in [7, 11) is 0.985. The number of esters is 1. The number of aromatic hydroxyl groups is 1. The summed E-state index contributed by atoms with van der Waals surface area (Å²) >= 11 is -0.597. The molecule has 4 nitrogen and oxygen atoms in total. The maximum absolute atomic E-state index is 12.3. The molecule has 0 aromatic heterocycles. The second-order valence-electron chi connectivity index (χ2n) is 3.02. The molecule has 8 heteroatoms. The number of ether oxygens (including phenoxy) is 1. The molecule has 0 fully saturated rings. The molecule has 0 heterocycles. The second kappa shape index (κ2) is 5.18. The molecule has 0 atom stereocenters. The smallest absolute Gasteiger partial charge is 0.446 e. The van der Waals surface area contributed by atoms with Gasteiger partial charge in [0.15, 0.2) is 0 Å². The molecule has 0 unspecified atom stereocenters. The third-order valence-corrected chi connectivity index (χ3v) is 2.60. The molecule has 0 aliphatic heterocycles. The van der Waals surface area contributed by atoms with Crippen LogP contribution in [0.15, 0.2) is 17.0 Å². The zero-order valence-electron chi connectivity index (χ0n) is 8.91. The molecule has 0 bridgehead atoms. The van der Waals surface area contributed by atoms with Crippen molar-refractivity contribution in [2.45, 2.75) is 10.4 Å². The number of phenolic OH excluding ortho intramolecular Hbond substituents is 1. The Morgan fingerprint density at radius 1 is 1.50 bits per heavy atom. The molecule has 0 amide bonds. The van der Waals surface area contributed by atoms with E-state index in [1.807, 2.05) is 0 Å². The molecule has 18 heavy (non-hydrogen) atoms. The van der Waals surface area contributed by atoms with Crippen LogP contribution in [-0.4, -0.2) is 23.7 Å². The van der Waals surface area contributed by atoms with Gasteiger partial charge in [0, 0.05) is 4.90 Å². The van der Waals surface area contributed by atoms with Crippen LogP contribution in [0.4, 0.5) is 13.2 Å². The van der Waals surface area contributed by atoms with E-state index in [9.17, 15) is 23.1 Å². The van der Waals surface area contributed by atoms with Crippen molar-refractivity contribution in [2.24, 2.45) is 0 Å². The number of hydrogen-bond donors (Lipinski definition) is 1. The number of carbonyl (C=O) groups excluding carboxylic acids is 1. The minimum atomic E-state index is -4.65. The molecule has 0 spiro atoms. The number of carbonyl (C=O) groups is 1. The van der Waals surface area contributed by atoms with Gasteiger partial charge in [-0.3, -0.25) is 0 Å². The maximum Gasteiger partial charge on any atom is 0.446 e. The summed E-state index contributed by atoms with van der Waals surface area (Å²) in [4.78, 5) is 10.8. The lowest BCUT2D eigenvalue weighted by molar-refractivity contribution is -0.0328. The van der Waals surface area contributed by atoms with Crippen LogP contribution in [0.1, 0.15) is 15.9 Å². The van der Waals surface area contributed by atoms with Crippen molar-refractivity contribution in [1.82, 2.24) is 0 Å². The molecular weight excluding hydrogens is 271 g/mol. The Bertz CT molecular complexity index is 522. The SMILES string of the molecule is COC(=O)c1c(C#N)cc(O)cc1SC(F)(F)F. The van der Waals surface area contributed by atoms with Gasteiger partial charge in [-0.2, -0.15) is 18.4 Å². The fraction of sp³-hybridized carbons (Fsp3) is 0.200. The molecule has 0 aliphatic rings. The molecule has 96 valence electrons. The lowest BCUT2D eigenvalue weighted by Crippen LogP contribution is -2.09. The molecule has 1 N–H and O–H groups in total. The van der Waals surface area contributed by atoms with E-state index >= 15 is 0 Å². The summed E-state index contributed by atoms with van der Waals surface area (Å²) < 4.78 is 41.2. The fourth-order valence-corrected chi connectivity index (χ4v) is 1.93. The van der Waals surface area contributed by atoms with Crippen LogP contribution in [0.25, 0.3) is 0 Å². The largest absolute Gasteiger partial charge is 0.508 e. The molecule has 0 saturated carbocycles. The summed E-state index contributed by atoms with van der Waals surface area (Å²) in [6.45, 7) is 0. The monoisotopic (exact) mass is 277 g/mol. The Morgan fingerprint density at radius 3 is 2.56 bits per heavy atom. The summed E-state index contributed by atoms with van der Waals surface area (Å²) in [5, 5.41) is 18.0. The van der Waals surface area contributed by atoms with E-state index in [0.717, 1.165) is 19.2 Å². The third-order valence-electron chi connectivity index (χ3n) is 1.82. The van der Waals surface area contributed by atoms with Crippen molar-refractivity contribution < 1.29 is 27.8 Å². The molecule has 1 aromatic carbocycles. The zero-order valence-corrected chi connectivity index (χ0v) is 9.72. The van der Waals surface area contributed by atoms with E-state index in [1.165, 1.54) is 6.07 Å². The van der Waals surface area contributed by atoms with Gasteiger partial charge in [0.25, 0.3) is 0 Å². The van der Waals surface area contributed by atoms with Gasteiger partial charge in [-0.15, -0.1) is 0 Å². The summed E-state index contributed by atoms with van der Waals surface area (Å²) in [6, 6.07) is 3.19. The van der Waals surface area contributed by atoms with Crippen LogP contribution >= 0.6 is 11.8 Å². The number of nitrogens with zero attached hydrogens (tertiary/aromatic N) is 1. The third kappa shape index (κ3) is 3.30. The quantitative estimate of drug-likeness (QED) is 0.664. The summed E-state index contributed by atoms with van der Waals surface area (Å²) in [6.07, 6.45) is 0. The van der Waals surface area contributed by atoms with Gasteiger partial charge >= 0.3 is 11.5 Å². The van der Waals surface area contributed by atoms with Crippen LogP contribution < -0.4 is 0 Å². The zero-order chi connectivity index (χ0) is 13.9. The number of alkyl halides is 3. The Morgan fingerprint density at radius 2 is 2.11 bits per heavy atom. The van der Waals surface area contributed by atoms with Crippen molar-refractivity contribution in [1.29, 1.82) is 5.26 Å². The Balaban J connectivity index is 3.43. The average Bonchev–Trinajstić information content (AvgIpc) is 2.25. The van der Waals surface area contributed by atoms with Gasteiger partial charge in [-0.05, 0) is 23.9 Å². The van der Waals surface area contributed by atoms with Gasteiger partial charge in [-0.25, -0.2) is 4.79 Å². The van der Waals surface area contributed by atoms with Gasteiger partial charge in [0.05, 0.1) is 18.2 Å². The predicted octanol–water partition coefficient (Wildman–Crippen LogP) is 2.66. The topological polar surface area (TPSA) is 70.3 Å². The number of rotatable bonds is 2. The average molecular weight is 277 g/mol. The highest BCUT2D eigenvalue weighted by Crippen LogP contribution is 2.41. The van der Waals surface area contributed by atoms with Crippen LogP contribution in [0.5, 0.6) is 5.75 Å². The number of thioether (sulfide) groups is 1. The van der Waals surface area contributed by atoms with E-state index in [0.29, 0.717) is 0 Å². The van der Waals surface area contributed by atoms with Crippen molar-refractivity contribution in [3.63, 3.8) is 0 Å². The lowest BCUT2D eigenvalue weighted by atomic mass is 10.1. The van der Waals surface area contributed by atoms with E-state index in [4.69, 9.17) is 5.26 Å². The normalized spacial score (nSPS) is 10.8. The van der Waals surface area contributed by atoms with Gasteiger partial charge in [0.2, 0.25) is 0 Å². The molecule has 0 saturated heterocycles. The summed E-state index contributed by atoms with van der Waals surface area (Å²) in [5.74, 6) is -1.61. The van der Waals surface area contributed by atoms with Gasteiger partial charge in [-0.1, -0.05) is 0 Å². The first-order valence-electron chi connectivity index (χ1n) is 4.39. The first kappa shape index (κ1) is 14.2. The van der Waals surface area contributed by atoms with Crippen LogP contribution in [0.2, 0.25) is 0 Å². The minimum Gasteiger partial charge on any atom is -0.508 e. The number of nitriles is 1. The number of benzene rings is 1. The lowest BCUT2D eigenvalue weighted by Gasteiger charge is -2.11. The van der Waals surface area contributed by atoms with Crippen molar-refractivity contribution in [2.75, 3.05) is 7.11 Å². The number of hydrogen-bond acceptors (Lipinski definition) is 5. The first-order valence-corrected chi connectivity index (χ1v) is 5.21. The molecule has 1 aromatic rings. The number of methoxy groups -OCH3 is 1. The molecular formula is C10H6F3NO3S. The Kier molecular flexibility index (Phi) is 4.08. The summed E-state index contributed by atoms with van der Waals surface area (Å²) in [5.41, 5.74) is -5.54. The minimum absolute atomic E-state index is 0.381. The highest BCUT2D eigenvalue weighted by Gasteiger charge is 2.33. The van der Waals surface area contributed by atoms with E-state index < -0.39 is 39.4 Å². The van der Waals surface area contributed by atoms with E-state index in [1.54, 1.807) is 0 Å². The molecule has 0 aliphatic carbocycles. The van der Waals surface area contributed by atoms with Crippen LogP contribution in [-0.2, 0) is 4.74 Å². The molecule has 0 radical (unpaired) electrons. The number of phenols is 1. The maximum atomic E-state index is 12.3. The fourth-order valence-electron chi connectivity index (χ4n) is 1.21. The standard InChI is InChI=1S/C10H6F3NO3S/c1-17-9(16)8-5(4-14)2-6(15)3-7(8)18-10(11,12)13/h2-3,15H,1H3. The van der Waals surface area contributed by atoms with Crippen molar-refractivity contribution >= 4 is 17.7 Å². The molecule has 1 rings (SSSR count). The second-order valence-corrected chi connectivity index (χ2v) is 4.12. The predicted molar refractivity (Wildman–Crippen MR) is 56.1 cm³/mol. The van der Waals surface area contributed by atoms with Crippen LogP contribution in [0.3, 0.4) is 0 Å². The first-order chi connectivity index (χ1) is 8.28.